The molecule has 168 valence electrons. The maximum atomic E-state index is 12.9. The van der Waals surface area contributed by atoms with Crippen LogP contribution in [-0.4, -0.2) is 65.9 Å². The van der Waals surface area contributed by atoms with Crippen molar-refractivity contribution >= 4 is 23.4 Å². The van der Waals surface area contributed by atoms with Crippen LogP contribution in [0.15, 0.2) is 18.2 Å². The predicted molar refractivity (Wildman–Crippen MR) is 115 cm³/mol. The number of benzene rings is 1. The van der Waals surface area contributed by atoms with Crippen LogP contribution in [0, 0.1) is 11.8 Å². The van der Waals surface area contributed by atoms with Gasteiger partial charge in [-0.15, -0.1) is 0 Å². The fraction of sp³-hybridized carbons (Fsp3) is 0.609. The van der Waals surface area contributed by atoms with Crippen molar-refractivity contribution in [2.75, 3.05) is 38.2 Å². The molecule has 3 aliphatic heterocycles. The van der Waals surface area contributed by atoms with E-state index in [1.807, 2.05) is 31.7 Å². The fourth-order valence-corrected chi connectivity index (χ4v) is 4.51. The second-order valence-corrected chi connectivity index (χ2v) is 9.52. The van der Waals surface area contributed by atoms with Gasteiger partial charge in [0.15, 0.2) is 11.5 Å². The van der Waals surface area contributed by atoms with Gasteiger partial charge in [0.2, 0.25) is 17.7 Å². The van der Waals surface area contributed by atoms with Crippen LogP contribution < -0.4 is 14.8 Å². The summed E-state index contributed by atoms with van der Waals surface area (Å²) in [4.78, 5) is 41.6. The number of piperidine rings is 1. The highest BCUT2D eigenvalue weighted by atomic mass is 16.6. The van der Waals surface area contributed by atoms with Crippen LogP contribution in [-0.2, 0) is 14.4 Å². The van der Waals surface area contributed by atoms with Crippen LogP contribution in [0.1, 0.15) is 40.0 Å². The van der Waals surface area contributed by atoms with Crippen molar-refractivity contribution in [2.24, 2.45) is 11.8 Å². The van der Waals surface area contributed by atoms with Gasteiger partial charge in [0.1, 0.15) is 13.2 Å². The third-order valence-corrected chi connectivity index (χ3v) is 6.27. The van der Waals surface area contributed by atoms with Crippen molar-refractivity contribution in [1.29, 1.82) is 0 Å². The van der Waals surface area contributed by atoms with E-state index in [2.05, 4.69) is 5.32 Å². The smallest absolute Gasteiger partial charge is 0.227 e. The molecule has 3 aliphatic rings. The number of ether oxygens (including phenoxy) is 2. The van der Waals surface area contributed by atoms with Crippen LogP contribution in [0.5, 0.6) is 11.5 Å². The highest BCUT2D eigenvalue weighted by Crippen LogP contribution is 2.33. The predicted octanol–water partition coefficient (Wildman–Crippen LogP) is 2.28. The number of rotatable bonds is 3. The van der Waals surface area contributed by atoms with E-state index in [4.69, 9.17) is 9.47 Å². The second-order valence-electron chi connectivity index (χ2n) is 9.52. The lowest BCUT2D eigenvalue weighted by Gasteiger charge is -2.34. The van der Waals surface area contributed by atoms with Gasteiger partial charge in [-0.05, 0) is 45.7 Å². The van der Waals surface area contributed by atoms with Crippen LogP contribution >= 0.6 is 0 Å². The zero-order chi connectivity index (χ0) is 22.2. The molecule has 0 bridgehead atoms. The lowest BCUT2D eigenvalue weighted by atomic mass is 9.94. The second kappa shape index (κ2) is 8.40. The SMILES string of the molecule is CC(C)(C)N1CC(C(=O)N2CCC(C(=O)Nc3ccc4c(c3)OCCO4)CC2)CC1=O. The molecule has 1 aromatic rings. The third-order valence-electron chi connectivity index (χ3n) is 6.27. The third kappa shape index (κ3) is 4.62. The molecule has 1 aromatic carbocycles. The van der Waals surface area contributed by atoms with Crippen molar-refractivity contribution in [3.63, 3.8) is 0 Å². The van der Waals surface area contributed by atoms with Crippen molar-refractivity contribution in [1.82, 2.24) is 9.80 Å². The first kappa shape index (κ1) is 21.5. The minimum absolute atomic E-state index is 0.0331. The van der Waals surface area contributed by atoms with E-state index in [-0.39, 0.29) is 41.5 Å². The average molecular weight is 430 g/mol. The number of hydrogen-bond acceptors (Lipinski definition) is 5. The molecule has 3 amide bonds. The van der Waals surface area contributed by atoms with E-state index in [1.54, 1.807) is 17.0 Å². The normalized spacial score (nSPS) is 21.9. The molecule has 0 spiro atoms. The lowest BCUT2D eigenvalue weighted by Crippen LogP contribution is -2.46. The molecular formula is C23H31N3O5. The molecular weight excluding hydrogens is 398 g/mol. The van der Waals surface area contributed by atoms with E-state index in [0.717, 1.165) is 0 Å². The number of nitrogens with one attached hydrogen (secondary N) is 1. The van der Waals surface area contributed by atoms with Gasteiger partial charge in [-0.25, -0.2) is 0 Å². The summed E-state index contributed by atoms with van der Waals surface area (Å²) < 4.78 is 11.1. The van der Waals surface area contributed by atoms with Crippen LogP contribution in [0.25, 0.3) is 0 Å². The summed E-state index contributed by atoms with van der Waals surface area (Å²) in [6, 6.07) is 5.39. The summed E-state index contributed by atoms with van der Waals surface area (Å²) in [5.74, 6) is 0.929. The van der Waals surface area contributed by atoms with Gasteiger partial charge < -0.3 is 24.6 Å². The Morgan fingerprint density at radius 3 is 2.35 bits per heavy atom. The Labute approximate surface area is 182 Å². The molecule has 4 rings (SSSR count). The molecule has 31 heavy (non-hydrogen) atoms. The Hall–Kier alpha value is -2.77. The molecule has 2 saturated heterocycles. The summed E-state index contributed by atoms with van der Waals surface area (Å²) in [7, 11) is 0. The molecule has 1 unspecified atom stereocenters. The number of anilines is 1. The topological polar surface area (TPSA) is 88.2 Å². The Morgan fingerprint density at radius 2 is 1.71 bits per heavy atom. The van der Waals surface area contributed by atoms with E-state index in [9.17, 15) is 14.4 Å². The van der Waals surface area contributed by atoms with Crippen molar-refractivity contribution in [3.05, 3.63) is 18.2 Å². The van der Waals surface area contributed by atoms with Gasteiger partial charge in [-0.2, -0.15) is 0 Å². The first-order valence-electron chi connectivity index (χ1n) is 11.0. The molecule has 8 heteroatoms. The first-order chi connectivity index (χ1) is 14.7. The van der Waals surface area contributed by atoms with Crippen LogP contribution in [0.4, 0.5) is 5.69 Å². The number of hydrogen-bond donors (Lipinski definition) is 1. The summed E-state index contributed by atoms with van der Waals surface area (Å²) in [6.07, 6.45) is 1.51. The molecule has 1 N–H and O–H groups in total. The van der Waals surface area contributed by atoms with E-state index >= 15 is 0 Å². The number of carbonyl (C=O) groups excluding carboxylic acids is 3. The molecule has 0 aromatic heterocycles. The van der Waals surface area contributed by atoms with Crippen LogP contribution in [0.3, 0.4) is 0 Å². The van der Waals surface area contributed by atoms with Crippen molar-refractivity contribution < 1.29 is 23.9 Å². The average Bonchev–Trinajstić information content (AvgIpc) is 3.15. The Balaban J connectivity index is 1.29. The van der Waals surface area contributed by atoms with Gasteiger partial charge in [-0.3, -0.25) is 14.4 Å². The zero-order valence-electron chi connectivity index (χ0n) is 18.5. The molecule has 0 aliphatic carbocycles. The maximum absolute atomic E-state index is 12.9. The van der Waals surface area contributed by atoms with E-state index in [0.29, 0.717) is 62.9 Å². The monoisotopic (exact) mass is 429 g/mol. The van der Waals surface area contributed by atoms with Gasteiger partial charge in [-0.1, -0.05) is 0 Å². The Bertz CT molecular complexity index is 870. The molecule has 1 atom stereocenters. The largest absolute Gasteiger partial charge is 0.486 e. The Morgan fingerprint density at radius 1 is 1.03 bits per heavy atom. The van der Waals surface area contributed by atoms with Crippen molar-refractivity contribution in [2.45, 2.75) is 45.6 Å². The van der Waals surface area contributed by atoms with E-state index < -0.39 is 0 Å². The minimum atomic E-state index is -0.283. The number of carbonyl (C=O) groups is 3. The number of fused-ring (bicyclic) bond motifs is 1. The standard InChI is InChI=1S/C23H31N3O5/c1-23(2,3)26-14-16(12-20(26)27)22(29)25-8-6-15(7-9-25)21(28)24-17-4-5-18-19(13-17)31-11-10-30-18/h4-5,13,15-16H,6-12,14H2,1-3H3,(H,24,28). The number of amides is 3. The molecule has 8 nitrogen and oxygen atoms in total. The summed E-state index contributed by atoms with van der Waals surface area (Å²) in [6.45, 7) is 8.55. The highest BCUT2D eigenvalue weighted by Gasteiger charge is 2.41. The summed E-state index contributed by atoms with van der Waals surface area (Å²) in [5, 5.41) is 2.96. The molecule has 3 heterocycles. The Kier molecular flexibility index (Phi) is 5.81. The van der Waals surface area contributed by atoms with E-state index in [1.165, 1.54) is 0 Å². The minimum Gasteiger partial charge on any atom is -0.486 e. The van der Waals surface area contributed by atoms with Gasteiger partial charge in [0.05, 0.1) is 5.92 Å². The zero-order valence-corrected chi connectivity index (χ0v) is 18.5. The van der Waals surface area contributed by atoms with Crippen LogP contribution in [0.2, 0.25) is 0 Å². The maximum Gasteiger partial charge on any atom is 0.227 e. The van der Waals surface area contributed by atoms with Crippen molar-refractivity contribution in [3.8, 4) is 11.5 Å². The quantitative estimate of drug-likeness (QED) is 0.797. The highest BCUT2D eigenvalue weighted by molar-refractivity contribution is 5.93. The molecule has 2 fully saturated rings. The number of likely N-dealkylation sites (tertiary alicyclic amines) is 2. The first-order valence-corrected chi connectivity index (χ1v) is 11.0. The van der Waals surface area contributed by atoms with Gasteiger partial charge in [0, 0.05) is 49.3 Å². The summed E-state index contributed by atoms with van der Waals surface area (Å²) in [5.41, 5.74) is 0.407. The fourth-order valence-electron chi connectivity index (χ4n) is 4.51. The van der Waals surface area contributed by atoms with Gasteiger partial charge >= 0.3 is 0 Å². The summed E-state index contributed by atoms with van der Waals surface area (Å²) >= 11 is 0. The van der Waals surface area contributed by atoms with Gasteiger partial charge in [0.25, 0.3) is 0 Å². The lowest BCUT2D eigenvalue weighted by molar-refractivity contribution is -0.138. The molecule has 0 saturated carbocycles. The number of nitrogens with zero attached hydrogens (tertiary/aromatic N) is 2. The molecule has 0 radical (unpaired) electrons.